The van der Waals surface area contributed by atoms with Gasteiger partial charge in [-0.2, -0.15) is 0 Å². The molecule has 0 aliphatic heterocycles. The summed E-state index contributed by atoms with van der Waals surface area (Å²) in [6.07, 6.45) is 5.36. The molecule has 0 saturated heterocycles. The van der Waals surface area contributed by atoms with Crippen LogP contribution in [0.15, 0.2) is 36.9 Å². The molecule has 0 aliphatic carbocycles. The highest BCUT2D eigenvalue weighted by Gasteiger charge is 2.09. The third-order valence-corrected chi connectivity index (χ3v) is 3.29. The first-order valence-corrected chi connectivity index (χ1v) is 6.01. The minimum absolute atomic E-state index is 0.464. The van der Waals surface area contributed by atoms with Crippen LogP contribution in [0.4, 0.5) is 0 Å². The summed E-state index contributed by atoms with van der Waals surface area (Å²) in [5, 5.41) is 11.0. The standard InChI is InChI=1S/C12H12Cl2N2O/c13-10-2-1-9(7-11(10)14)12(17)3-5-16-6-4-15-8-16/h1-2,4,6-8,12,17H,3,5H2. The molecular formula is C12H12Cl2N2O. The Labute approximate surface area is 110 Å². The number of aromatic nitrogens is 2. The average molecular weight is 271 g/mol. The number of imidazole rings is 1. The van der Waals surface area contributed by atoms with Gasteiger partial charge in [0.2, 0.25) is 0 Å². The lowest BCUT2D eigenvalue weighted by Gasteiger charge is -2.12. The van der Waals surface area contributed by atoms with E-state index in [9.17, 15) is 5.11 Å². The van der Waals surface area contributed by atoms with Crippen molar-refractivity contribution >= 4 is 23.2 Å². The van der Waals surface area contributed by atoms with Gasteiger partial charge in [0.05, 0.1) is 22.5 Å². The molecule has 0 spiro atoms. The van der Waals surface area contributed by atoms with Crippen molar-refractivity contribution in [3.8, 4) is 0 Å². The number of aliphatic hydroxyl groups excluding tert-OH is 1. The lowest BCUT2D eigenvalue weighted by Crippen LogP contribution is -2.03. The van der Waals surface area contributed by atoms with Crippen molar-refractivity contribution in [2.45, 2.75) is 19.1 Å². The van der Waals surface area contributed by atoms with Gasteiger partial charge in [-0.1, -0.05) is 29.3 Å². The van der Waals surface area contributed by atoms with Crippen molar-refractivity contribution in [3.63, 3.8) is 0 Å². The minimum Gasteiger partial charge on any atom is -0.388 e. The molecule has 0 radical (unpaired) electrons. The van der Waals surface area contributed by atoms with Gasteiger partial charge in [-0.25, -0.2) is 4.98 Å². The Balaban J connectivity index is 1.99. The fraction of sp³-hybridized carbons (Fsp3) is 0.250. The van der Waals surface area contributed by atoms with Gasteiger partial charge in [0.1, 0.15) is 0 Å². The smallest absolute Gasteiger partial charge is 0.0945 e. The van der Waals surface area contributed by atoms with Gasteiger partial charge in [0.15, 0.2) is 0 Å². The van der Waals surface area contributed by atoms with E-state index in [0.29, 0.717) is 23.0 Å². The highest BCUT2D eigenvalue weighted by molar-refractivity contribution is 6.42. The fourth-order valence-corrected chi connectivity index (χ4v) is 1.88. The van der Waals surface area contributed by atoms with Gasteiger partial charge in [-0.3, -0.25) is 0 Å². The van der Waals surface area contributed by atoms with Gasteiger partial charge in [-0.15, -0.1) is 0 Å². The van der Waals surface area contributed by atoms with Gasteiger partial charge in [-0.05, 0) is 24.1 Å². The zero-order valence-corrected chi connectivity index (χ0v) is 10.6. The van der Waals surface area contributed by atoms with Crippen LogP contribution in [0, 0.1) is 0 Å². The maximum Gasteiger partial charge on any atom is 0.0945 e. The molecule has 0 aliphatic rings. The van der Waals surface area contributed by atoms with E-state index in [1.165, 1.54) is 0 Å². The van der Waals surface area contributed by atoms with Crippen molar-refractivity contribution < 1.29 is 5.11 Å². The zero-order chi connectivity index (χ0) is 12.3. The summed E-state index contributed by atoms with van der Waals surface area (Å²) in [6, 6.07) is 5.18. The van der Waals surface area contributed by atoms with Crippen LogP contribution >= 0.6 is 23.2 Å². The third kappa shape index (κ3) is 3.22. The van der Waals surface area contributed by atoms with E-state index < -0.39 is 6.10 Å². The summed E-state index contributed by atoms with van der Waals surface area (Å²) in [4.78, 5) is 3.94. The van der Waals surface area contributed by atoms with E-state index in [0.717, 1.165) is 5.56 Å². The van der Waals surface area contributed by atoms with Crippen LogP contribution in [-0.2, 0) is 6.54 Å². The van der Waals surface area contributed by atoms with Crippen molar-refractivity contribution in [3.05, 3.63) is 52.5 Å². The lowest BCUT2D eigenvalue weighted by atomic mass is 10.1. The summed E-state index contributed by atoms with van der Waals surface area (Å²) in [5.41, 5.74) is 0.777. The van der Waals surface area contributed by atoms with E-state index in [-0.39, 0.29) is 0 Å². The van der Waals surface area contributed by atoms with Gasteiger partial charge in [0.25, 0.3) is 0 Å². The Morgan fingerprint density at radius 1 is 1.29 bits per heavy atom. The summed E-state index contributed by atoms with van der Waals surface area (Å²) < 4.78 is 1.92. The molecule has 3 nitrogen and oxygen atoms in total. The molecule has 0 saturated carbocycles. The second-order valence-corrected chi connectivity index (χ2v) is 4.59. The summed E-state index contributed by atoms with van der Waals surface area (Å²) in [6.45, 7) is 0.710. The molecule has 1 heterocycles. The fourth-order valence-electron chi connectivity index (χ4n) is 1.58. The first kappa shape index (κ1) is 12.4. The van der Waals surface area contributed by atoms with Crippen molar-refractivity contribution in [2.75, 3.05) is 0 Å². The Bertz CT molecular complexity index is 485. The number of aryl methyl sites for hydroxylation is 1. The van der Waals surface area contributed by atoms with E-state index in [1.54, 1.807) is 30.7 Å². The molecule has 5 heteroatoms. The van der Waals surface area contributed by atoms with E-state index in [2.05, 4.69) is 4.98 Å². The number of nitrogens with zero attached hydrogens (tertiary/aromatic N) is 2. The molecule has 17 heavy (non-hydrogen) atoms. The second-order valence-electron chi connectivity index (χ2n) is 3.78. The van der Waals surface area contributed by atoms with Crippen LogP contribution in [0.2, 0.25) is 10.0 Å². The molecule has 1 aromatic heterocycles. The monoisotopic (exact) mass is 270 g/mol. The molecule has 0 bridgehead atoms. The quantitative estimate of drug-likeness (QED) is 0.926. The van der Waals surface area contributed by atoms with Crippen LogP contribution in [0.25, 0.3) is 0 Å². The molecule has 0 amide bonds. The maximum atomic E-state index is 10.00. The van der Waals surface area contributed by atoms with Gasteiger partial charge in [0, 0.05) is 18.9 Å². The molecule has 2 rings (SSSR count). The minimum atomic E-state index is -0.549. The number of hydrogen-bond acceptors (Lipinski definition) is 2. The number of hydrogen-bond donors (Lipinski definition) is 1. The van der Waals surface area contributed by atoms with Crippen LogP contribution in [0.5, 0.6) is 0 Å². The van der Waals surface area contributed by atoms with Crippen LogP contribution < -0.4 is 0 Å². The summed E-state index contributed by atoms with van der Waals surface area (Å²) in [5.74, 6) is 0. The largest absolute Gasteiger partial charge is 0.388 e. The van der Waals surface area contributed by atoms with Crippen molar-refractivity contribution in [2.24, 2.45) is 0 Å². The summed E-state index contributed by atoms with van der Waals surface area (Å²) >= 11 is 11.7. The van der Waals surface area contributed by atoms with Gasteiger partial charge < -0.3 is 9.67 Å². The first-order chi connectivity index (χ1) is 8.16. The SMILES string of the molecule is OC(CCn1ccnc1)c1ccc(Cl)c(Cl)c1. The Morgan fingerprint density at radius 3 is 2.76 bits per heavy atom. The topological polar surface area (TPSA) is 38.0 Å². The average Bonchev–Trinajstić information content (AvgIpc) is 2.82. The predicted molar refractivity (Wildman–Crippen MR) is 68.3 cm³/mol. The molecule has 2 aromatic rings. The highest BCUT2D eigenvalue weighted by Crippen LogP contribution is 2.27. The van der Waals surface area contributed by atoms with Gasteiger partial charge >= 0.3 is 0 Å². The number of aliphatic hydroxyl groups is 1. The molecule has 1 atom stereocenters. The second kappa shape index (κ2) is 5.54. The van der Waals surface area contributed by atoms with Crippen molar-refractivity contribution in [1.82, 2.24) is 9.55 Å². The third-order valence-electron chi connectivity index (χ3n) is 2.55. The number of benzene rings is 1. The Kier molecular flexibility index (Phi) is 4.05. The molecule has 1 N–H and O–H groups in total. The number of halogens is 2. The van der Waals surface area contributed by atoms with Crippen molar-refractivity contribution in [1.29, 1.82) is 0 Å². The van der Waals surface area contributed by atoms with E-state index >= 15 is 0 Å². The lowest BCUT2D eigenvalue weighted by molar-refractivity contribution is 0.161. The van der Waals surface area contributed by atoms with Crippen LogP contribution in [0.3, 0.4) is 0 Å². The Hall–Kier alpha value is -1.03. The predicted octanol–water partition coefficient (Wildman–Crippen LogP) is 3.31. The Morgan fingerprint density at radius 2 is 2.12 bits per heavy atom. The van der Waals surface area contributed by atoms with E-state index in [4.69, 9.17) is 23.2 Å². The van der Waals surface area contributed by atoms with Crippen LogP contribution in [-0.4, -0.2) is 14.7 Å². The molecular weight excluding hydrogens is 259 g/mol. The number of rotatable bonds is 4. The molecule has 90 valence electrons. The summed E-state index contributed by atoms with van der Waals surface area (Å²) in [7, 11) is 0. The zero-order valence-electron chi connectivity index (χ0n) is 9.05. The van der Waals surface area contributed by atoms with E-state index in [1.807, 2.05) is 10.8 Å². The first-order valence-electron chi connectivity index (χ1n) is 5.25. The normalized spacial score (nSPS) is 12.6. The maximum absolute atomic E-state index is 10.00. The van der Waals surface area contributed by atoms with Crippen LogP contribution in [0.1, 0.15) is 18.1 Å². The molecule has 0 fully saturated rings. The molecule has 1 aromatic carbocycles. The highest BCUT2D eigenvalue weighted by atomic mass is 35.5. The molecule has 1 unspecified atom stereocenters.